The first-order valence-corrected chi connectivity index (χ1v) is 11.9. The number of benzene rings is 2. The molecule has 2 aromatic rings. The fourth-order valence-corrected chi connectivity index (χ4v) is 5.94. The van der Waals surface area contributed by atoms with Gasteiger partial charge >= 0.3 is 0 Å². The molecule has 2 aliphatic rings. The van der Waals surface area contributed by atoms with Crippen molar-refractivity contribution in [3.8, 4) is 0 Å². The van der Waals surface area contributed by atoms with E-state index in [1.54, 1.807) is 12.1 Å². The largest absolute Gasteiger partial charge is 0.324 e. The molecule has 164 valence electrons. The Bertz CT molecular complexity index is 1150. The van der Waals surface area contributed by atoms with Crippen LogP contribution < -0.4 is 10.2 Å². The summed E-state index contributed by atoms with van der Waals surface area (Å²) in [6, 6.07) is 9.75. The summed E-state index contributed by atoms with van der Waals surface area (Å²) in [5.74, 6) is -0.543. The zero-order valence-electron chi connectivity index (χ0n) is 18.0. The van der Waals surface area contributed by atoms with E-state index in [0.29, 0.717) is 30.0 Å². The van der Waals surface area contributed by atoms with Crippen LogP contribution in [-0.4, -0.2) is 43.7 Å². The van der Waals surface area contributed by atoms with E-state index in [2.05, 4.69) is 5.32 Å². The Hall–Kier alpha value is -2.71. The Labute approximate surface area is 183 Å². The molecule has 0 aromatic heterocycles. The molecule has 0 aliphatic carbocycles. The second-order valence-corrected chi connectivity index (χ2v) is 10.2. The van der Waals surface area contributed by atoms with E-state index in [-0.39, 0.29) is 23.1 Å². The van der Waals surface area contributed by atoms with Crippen molar-refractivity contribution in [1.29, 1.82) is 0 Å². The van der Waals surface area contributed by atoms with Gasteiger partial charge in [0.15, 0.2) is 0 Å². The van der Waals surface area contributed by atoms with E-state index in [1.165, 1.54) is 22.2 Å². The molecule has 0 spiro atoms. The second kappa shape index (κ2) is 8.09. The quantitative estimate of drug-likeness (QED) is 0.790. The van der Waals surface area contributed by atoms with Gasteiger partial charge in [0.1, 0.15) is 6.04 Å². The number of nitrogens with one attached hydrogen (secondary N) is 1. The third-order valence-corrected chi connectivity index (χ3v) is 8.14. The summed E-state index contributed by atoms with van der Waals surface area (Å²) < 4.78 is 27.4. The number of anilines is 2. The minimum absolute atomic E-state index is 0.215. The molecular formula is C23H27N3O4S. The highest BCUT2D eigenvalue weighted by molar-refractivity contribution is 7.89. The fourth-order valence-electron chi connectivity index (χ4n) is 4.37. The van der Waals surface area contributed by atoms with Crippen molar-refractivity contribution in [1.82, 2.24) is 4.31 Å². The van der Waals surface area contributed by atoms with Gasteiger partial charge in [0.05, 0.1) is 4.90 Å². The van der Waals surface area contributed by atoms with Crippen LogP contribution in [0.3, 0.4) is 0 Å². The third-order valence-electron chi connectivity index (χ3n) is 6.24. The Balaban J connectivity index is 1.63. The SMILES string of the molecule is CC(=O)N1c2ccc(S(=O)(=O)N3CCCC3)cc2C[C@H]1C(=O)Nc1cccc(C)c1C. The molecule has 0 bridgehead atoms. The molecule has 2 aliphatic heterocycles. The van der Waals surface area contributed by atoms with Gasteiger partial charge in [-0.05, 0) is 67.6 Å². The smallest absolute Gasteiger partial charge is 0.247 e. The Morgan fingerprint density at radius 2 is 1.77 bits per heavy atom. The predicted molar refractivity (Wildman–Crippen MR) is 120 cm³/mol. The summed E-state index contributed by atoms with van der Waals surface area (Å²) >= 11 is 0. The zero-order valence-corrected chi connectivity index (χ0v) is 18.8. The first-order valence-electron chi connectivity index (χ1n) is 10.5. The van der Waals surface area contributed by atoms with Gasteiger partial charge in [0, 0.05) is 37.8 Å². The number of amides is 2. The lowest BCUT2D eigenvalue weighted by molar-refractivity contribution is -0.122. The van der Waals surface area contributed by atoms with E-state index in [0.717, 1.165) is 24.0 Å². The number of nitrogens with zero attached hydrogens (tertiary/aromatic N) is 2. The molecule has 7 nitrogen and oxygen atoms in total. The zero-order chi connectivity index (χ0) is 22.3. The maximum atomic E-state index is 13.1. The van der Waals surface area contributed by atoms with Crippen molar-refractivity contribution in [3.05, 3.63) is 53.1 Å². The number of sulfonamides is 1. The predicted octanol–water partition coefficient (Wildman–Crippen LogP) is 3.00. The van der Waals surface area contributed by atoms with Crippen LogP contribution in [0.4, 0.5) is 11.4 Å². The van der Waals surface area contributed by atoms with Crippen LogP contribution in [0.1, 0.15) is 36.5 Å². The summed E-state index contributed by atoms with van der Waals surface area (Å²) in [7, 11) is -3.57. The minimum atomic E-state index is -3.57. The van der Waals surface area contributed by atoms with Crippen LogP contribution in [0.25, 0.3) is 0 Å². The molecule has 4 rings (SSSR count). The van der Waals surface area contributed by atoms with E-state index >= 15 is 0 Å². The molecular weight excluding hydrogens is 414 g/mol. The maximum Gasteiger partial charge on any atom is 0.247 e. The molecule has 8 heteroatoms. The summed E-state index contributed by atoms with van der Waals surface area (Å²) in [6.45, 7) is 6.38. The fraction of sp³-hybridized carbons (Fsp3) is 0.391. The standard InChI is InChI=1S/C23H27N3O4S/c1-15-7-6-8-20(16(15)2)24-23(28)22-14-18-13-19(9-10-21(18)26(22)17(3)27)31(29,30)25-11-4-5-12-25/h6-10,13,22H,4-5,11-12,14H2,1-3H3,(H,24,28)/t22-/m0/s1. The van der Waals surface area contributed by atoms with Crippen LogP contribution in [-0.2, 0) is 26.0 Å². The molecule has 2 aromatic carbocycles. The summed E-state index contributed by atoms with van der Waals surface area (Å²) in [5, 5.41) is 2.94. The summed E-state index contributed by atoms with van der Waals surface area (Å²) in [6.07, 6.45) is 2.00. The van der Waals surface area contributed by atoms with E-state index in [9.17, 15) is 18.0 Å². The van der Waals surface area contributed by atoms with Gasteiger partial charge in [-0.1, -0.05) is 12.1 Å². The van der Waals surface area contributed by atoms with E-state index < -0.39 is 16.1 Å². The summed E-state index contributed by atoms with van der Waals surface area (Å²) in [4.78, 5) is 27.2. The molecule has 1 N–H and O–H groups in total. The first kappa shape index (κ1) is 21.5. The highest BCUT2D eigenvalue weighted by Gasteiger charge is 2.38. The normalized spacial score (nSPS) is 18.8. The van der Waals surface area contributed by atoms with E-state index in [1.807, 2.05) is 32.0 Å². The lowest BCUT2D eigenvalue weighted by Gasteiger charge is -2.24. The van der Waals surface area contributed by atoms with Crippen molar-refractivity contribution in [3.63, 3.8) is 0 Å². The highest BCUT2D eigenvalue weighted by atomic mass is 32.2. The maximum absolute atomic E-state index is 13.1. The monoisotopic (exact) mass is 441 g/mol. The molecule has 1 saturated heterocycles. The molecule has 1 fully saturated rings. The molecule has 2 amide bonds. The molecule has 0 saturated carbocycles. The van der Waals surface area contributed by atoms with Crippen molar-refractivity contribution in [2.45, 2.75) is 51.0 Å². The van der Waals surface area contributed by atoms with Gasteiger partial charge < -0.3 is 5.32 Å². The number of rotatable bonds is 4. The Kier molecular flexibility index (Phi) is 5.61. The van der Waals surface area contributed by atoms with Crippen molar-refractivity contribution < 1.29 is 18.0 Å². The number of hydrogen-bond acceptors (Lipinski definition) is 4. The van der Waals surface area contributed by atoms with Gasteiger partial charge in [-0.3, -0.25) is 14.5 Å². The van der Waals surface area contributed by atoms with Crippen LogP contribution in [0.15, 0.2) is 41.3 Å². The van der Waals surface area contributed by atoms with Crippen LogP contribution >= 0.6 is 0 Å². The van der Waals surface area contributed by atoms with Crippen molar-refractivity contribution in [2.75, 3.05) is 23.3 Å². The van der Waals surface area contributed by atoms with E-state index in [4.69, 9.17) is 0 Å². The highest BCUT2D eigenvalue weighted by Crippen LogP contribution is 2.36. The van der Waals surface area contributed by atoms with Crippen molar-refractivity contribution >= 4 is 33.2 Å². The lowest BCUT2D eigenvalue weighted by Crippen LogP contribution is -2.44. The Morgan fingerprint density at radius 3 is 2.45 bits per heavy atom. The van der Waals surface area contributed by atoms with Gasteiger partial charge in [0.2, 0.25) is 21.8 Å². The van der Waals surface area contributed by atoms with Gasteiger partial charge in [-0.2, -0.15) is 4.31 Å². The average molecular weight is 442 g/mol. The van der Waals surface area contributed by atoms with Crippen molar-refractivity contribution in [2.24, 2.45) is 0 Å². The average Bonchev–Trinajstić information content (AvgIpc) is 3.39. The topological polar surface area (TPSA) is 86.8 Å². The molecule has 31 heavy (non-hydrogen) atoms. The van der Waals surface area contributed by atoms with Crippen LogP contribution in [0.2, 0.25) is 0 Å². The number of aryl methyl sites for hydroxylation is 1. The van der Waals surface area contributed by atoms with Gasteiger partial charge in [-0.15, -0.1) is 0 Å². The molecule has 2 heterocycles. The first-order chi connectivity index (χ1) is 14.7. The van der Waals surface area contributed by atoms with Crippen LogP contribution in [0.5, 0.6) is 0 Å². The number of fused-ring (bicyclic) bond motifs is 1. The molecule has 0 unspecified atom stereocenters. The van der Waals surface area contributed by atoms with Gasteiger partial charge in [0.25, 0.3) is 0 Å². The number of carbonyl (C=O) groups excluding carboxylic acids is 2. The molecule has 0 radical (unpaired) electrons. The lowest BCUT2D eigenvalue weighted by atomic mass is 10.1. The number of hydrogen-bond donors (Lipinski definition) is 1. The van der Waals surface area contributed by atoms with Gasteiger partial charge in [-0.25, -0.2) is 8.42 Å². The van der Waals surface area contributed by atoms with Crippen LogP contribution in [0, 0.1) is 13.8 Å². The second-order valence-electron chi connectivity index (χ2n) is 8.25. The third kappa shape index (κ3) is 3.85. The molecule has 1 atom stereocenters. The summed E-state index contributed by atoms with van der Waals surface area (Å²) in [5.41, 5.74) is 4.03. The number of carbonyl (C=O) groups is 2. The Morgan fingerprint density at radius 1 is 1.06 bits per heavy atom. The minimum Gasteiger partial charge on any atom is -0.324 e.